The Morgan fingerprint density at radius 3 is 0.826 bits per heavy atom. The standard InChI is InChI=1S/C46H30/c1-3-19-35-31(13-1)15-9-25-37(35)39-21-5-7-23-41(39)43-27-11-17-33-30-46-34(29-45(33)43)18-12-28-44(46)42-24-8-6-22-40(42)38-26-10-16-32-14-2-4-20-36(32)38/h1-30H. The Balaban J connectivity index is 1.25. The van der Waals surface area contributed by atoms with Gasteiger partial charge in [0.25, 0.3) is 0 Å². The second-order valence-corrected chi connectivity index (χ2v) is 12.1. The van der Waals surface area contributed by atoms with Gasteiger partial charge in [0, 0.05) is 0 Å². The van der Waals surface area contributed by atoms with Crippen LogP contribution in [-0.4, -0.2) is 0 Å². The Morgan fingerprint density at radius 2 is 0.435 bits per heavy atom. The van der Waals surface area contributed by atoms with Crippen LogP contribution in [0.4, 0.5) is 0 Å². The van der Waals surface area contributed by atoms with Crippen LogP contribution in [0.5, 0.6) is 0 Å². The largest absolute Gasteiger partial charge is 0.0616 e. The zero-order valence-electron chi connectivity index (χ0n) is 25.3. The van der Waals surface area contributed by atoms with E-state index in [-0.39, 0.29) is 0 Å². The molecule has 0 fully saturated rings. The third-order valence-electron chi connectivity index (χ3n) is 9.47. The van der Waals surface area contributed by atoms with Gasteiger partial charge in [-0.05, 0) is 99.7 Å². The zero-order valence-corrected chi connectivity index (χ0v) is 25.3. The summed E-state index contributed by atoms with van der Waals surface area (Å²) in [6.45, 7) is 0. The maximum Gasteiger partial charge on any atom is -0.00988 e. The van der Waals surface area contributed by atoms with Crippen molar-refractivity contribution >= 4 is 43.1 Å². The van der Waals surface area contributed by atoms with E-state index < -0.39 is 0 Å². The predicted octanol–water partition coefficient (Wildman–Crippen LogP) is 13.0. The third-order valence-corrected chi connectivity index (χ3v) is 9.47. The number of fused-ring (bicyclic) bond motifs is 4. The molecule has 0 N–H and O–H groups in total. The molecule has 214 valence electrons. The summed E-state index contributed by atoms with van der Waals surface area (Å²) >= 11 is 0. The van der Waals surface area contributed by atoms with Crippen molar-refractivity contribution in [1.29, 1.82) is 0 Å². The normalized spacial score (nSPS) is 11.5. The maximum absolute atomic E-state index is 2.39. The Bertz CT molecular complexity index is 2390. The van der Waals surface area contributed by atoms with Crippen LogP contribution in [0, 0.1) is 0 Å². The van der Waals surface area contributed by atoms with Crippen molar-refractivity contribution in [3.8, 4) is 44.5 Å². The minimum absolute atomic E-state index is 1.24. The van der Waals surface area contributed by atoms with Crippen molar-refractivity contribution in [2.45, 2.75) is 0 Å². The van der Waals surface area contributed by atoms with E-state index in [1.165, 1.54) is 87.6 Å². The first kappa shape index (κ1) is 26.4. The van der Waals surface area contributed by atoms with Crippen molar-refractivity contribution in [2.75, 3.05) is 0 Å². The molecule has 9 aromatic rings. The van der Waals surface area contributed by atoms with E-state index >= 15 is 0 Å². The predicted molar refractivity (Wildman–Crippen MR) is 198 cm³/mol. The molecule has 0 heteroatoms. The molecule has 0 heterocycles. The molecule has 0 aromatic heterocycles. The highest BCUT2D eigenvalue weighted by molar-refractivity contribution is 6.12. The van der Waals surface area contributed by atoms with E-state index in [0.717, 1.165) is 0 Å². The summed E-state index contributed by atoms with van der Waals surface area (Å²) in [4.78, 5) is 0. The van der Waals surface area contributed by atoms with Crippen LogP contribution < -0.4 is 0 Å². The van der Waals surface area contributed by atoms with Gasteiger partial charge in [0.2, 0.25) is 0 Å². The lowest BCUT2D eigenvalue weighted by molar-refractivity contribution is 1.61. The van der Waals surface area contributed by atoms with E-state index in [4.69, 9.17) is 0 Å². The Morgan fingerprint density at radius 1 is 0.174 bits per heavy atom. The van der Waals surface area contributed by atoms with Gasteiger partial charge in [-0.2, -0.15) is 0 Å². The molecule has 0 atom stereocenters. The fraction of sp³-hybridized carbons (Fsp3) is 0. The van der Waals surface area contributed by atoms with Crippen LogP contribution in [-0.2, 0) is 0 Å². The average molecular weight is 583 g/mol. The van der Waals surface area contributed by atoms with Crippen LogP contribution in [0.15, 0.2) is 182 Å². The minimum Gasteiger partial charge on any atom is -0.0616 e. The first-order chi connectivity index (χ1) is 22.8. The maximum atomic E-state index is 2.39. The third kappa shape index (κ3) is 4.30. The van der Waals surface area contributed by atoms with E-state index in [2.05, 4.69) is 182 Å². The number of rotatable bonds is 4. The van der Waals surface area contributed by atoms with Crippen LogP contribution in [0.1, 0.15) is 0 Å². The molecule has 0 radical (unpaired) electrons. The van der Waals surface area contributed by atoms with Crippen molar-refractivity contribution in [2.24, 2.45) is 0 Å². The summed E-state index contributed by atoms with van der Waals surface area (Å²) in [5.74, 6) is 0. The van der Waals surface area contributed by atoms with Gasteiger partial charge >= 0.3 is 0 Å². The molecule has 0 spiro atoms. The lowest BCUT2D eigenvalue weighted by Crippen LogP contribution is -1.90. The fourth-order valence-corrected chi connectivity index (χ4v) is 7.35. The van der Waals surface area contributed by atoms with Crippen molar-refractivity contribution in [3.05, 3.63) is 182 Å². The molecule has 0 nitrogen and oxygen atoms in total. The van der Waals surface area contributed by atoms with Gasteiger partial charge in [-0.1, -0.05) is 170 Å². The molecule has 0 bridgehead atoms. The summed E-state index contributed by atoms with van der Waals surface area (Å²) < 4.78 is 0. The van der Waals surface area contributed by atoms with Gasteiger partial charge in [0.05, 0.1) is 0 Å². The van der Waals surface area contributed by atoms with E-state index in [1.54, 1.807) is 0 Å². The zero-order chi connectivity index (χ0) is 30.5. The highest BCUT2D eigenvalue weighted by Crippen LogP contribution is 2.43. The molecule has 0 aliphatic heterocycles. The quantitative estimate of drug-likeness (QED) is 0.181. The summed E-state index contributed by atoms with van der Waals surface area (Å²) in [6.07, 6.45) is 0. The number of benzene rings is 9. The minimum atomic E-state index is 1.24. The van der Waals surface area contributed by atoms with Crippen LogP contribution >= 0.6 is 0 Å². The highest BCUT2D eigenvalue weighted by Gasteiger charge is 2.16. The summed E-state index contributed by atoms with van der Waals surface area (Å²) in [5, 5.41) is 10.1. The van der Waals surface area contributed by atoms with Gasteiger partial charge in [-0.15, -0.1) is 0 Å². The number of hydrogen-bond acceptors (Lipinski definition) is 0. The number of hydrogen-bond donors (Lipinski definition) is 0. The lowest BCUT2D eigenvalue weighted by atomic mass is 9.87. The molecular formula is C46H30. The Labute approximate surface area is 268 Å². The van der Waals surface area contributed by atoms with Gasteiger partial charge < -0.3 is 0 Å². The first-order valence-corrected chi connectivity index (χ1v) is 15.9. The van der Waals surface area contributed by atoms with Crippen molar-refractivity contribution in [1.82, 2.24) is 0 Å². The molecule has 46 heavy (non-hydrogen) atoms. The van der Waals surface area contributed by atoms with Crippen LogP contribution in [0.3, 0.4) is 0 Å². The molecule has 0 amide bonds. The molecule has 0 saturated heterocycles. The van der Waals surface area contributed by atoms with Crippen molar-refractivity contribution in [3.63, 3.8) is 0 Å². The fourth-order valence-electron chi connectivity index (χ4n) is 7.35. The molecule has 9 rings (SSSR count). The van der Waals surface area contributed by atoms with Gasteiger partial charge in [0.1, 0.15) is 0 Å². The Kier molecular flexibility index (Phi) is 6.25. The van der Waals surface area contributed by atoms with Crippen LogP contribution in [0.25, 0.3) is 87.6 Å². The Hall–Kier alpha value is -5.98. The van der Waals surface area contributed by atoms with E-state index in [0.29, 0.717) is 0 Å². The molecule has 9 aromatic carbocycles. The summed E-state index contributed by atoms with van der Waals surface area (Å²) in [6, 6.07) is 66.5. The smallest absolute Gasteiger partial charge is 0.00988 e. The molecule has 0 aliphatic carbocycles. The SMILES string of the molecule is c1ccc(-c2cccc3cc4c(-c5ccccc5-c5cccc6ccccc56)cccc4cc23)c(-c2cccc3ccccc23)c1. The molecule has 0 saturated carbocycles. The summed E-state index contributed by atoms with van der Waals surface area (Å²) in [7, 11) is 0. The topological polar surface area (TPSA) is 0 Å². The van der Waals surface area contributed by atoms with Gasteiger partial charge in [0.15, 0.2) is 0 Å². The van der Waals surface area contributed by atoms with Gasteiger partial charge in [-0.25, -0.2) is 0 Å². The van der Waals surface area contributed by atoms with E-state index in [1.807, 2.05) is 0 Å². The lowest BCUT2D eigenvalue weighted by Gasteiger charge is -2.17. The van der Waals surface area contributed by atoms with Gasteiger partial charge in [-0.3, -0.25) is 0 Å². The second-order valence-electron chi connectivity index (χ2n) is 12.1. The monoisotopic (exact) mass is 582 g/mol. The second kappa shape index (κ2) is 10.9. The summed E-state index contributed by atoms with van der Waals surface area (Å²) in [5.41, 5.74) is 10.0. The molecule has 0 unspecified atom stereocenters. The average Bonchev–Trinajstić information content (AvgIpc) is 3.13. The van der Waals surface area contributed by atoms with Crippen molar-refractivity contribution < 1.29 is 0 Å². The molecular weight excluding hydrogens is 553 g/mol. The molecule has 0 aliphatic rings. The first-order valence-electron chi connectivity index (χ1n) is 15.9. The van der Waals surface area contributed by atoms with E-state index in [9.17, 15) is 0 Å². The van der Waals surface area contributed by atoms with Crippen LogP contribution in [0.2, 0.25) is 0 Å². The highest BCUT2D eigenvalue weighted by atomic mass is 14.2.